The highest BCUT2D eigenvalue weighted by atomic mass is 16.5. The van der Waals surface area contributed by atoms with Gasteiger partial charge in [0.15, 0.2) is 5.82 Å². The number of nitrogens with zero attached hydrogens (tertiary/aromatic N) is 4. The van der Waals surface area contributed by atoms with Crippen LogP contribution < -0.4 is 5.32 Å². The zero-order valence-electron chi connectivity index (χ0n) is 13.4. The van der Waals surface area contributed by atoms with Crippen LogP contribution >= 0.6 is 0 Å². The Morgan fingerprint density at radius 3 is 2.87 bits per heavy atom. The second-order valence-corrected chi connectivity index (χ2v) is 5.73. The number of aromatic nitrogens is 4. The van der Waals surface area contributed by atoms with Gasteiger partial charge in [-0.05, 0) is 19.4 Å². The molecule has 0 aliphatic carbocycles. The van der Waals surface area contributed by atoms with Gasteiger partial charge >= 0.3 is 0 Å². The summed E-state index contributed by atoms with van der Waals surface area (Å²) in [7, 11) is 0. The molecule has 0 bridgehead atoms. The average molecular weight is 319 g/mol. The van der Waals surface area contributed by atoms with Gasteiger partial charge in [0.25, 0.3) is 11.8 Å². The second-order valence-electron chi connectivity index (χ2n) is 5.73. The van der Waals surface area contributed by atoms with E-state index >= 15 is 0 Å². The van der Waals surface area contributed by atoms with Crippen molar-refractivity contribution in [3.8, 4) is 0 Å². The molecule has 8 heteroatoms. The van der Waals surface area contributed by atoms with Crippen molar-refractivity contribution in [3.63, 3.8) is 0 Å². The maximum Gasteiger partial charge on any atom is 0.270 e. The molecule has 1 saturated heterocycles. The van der Waals surface area contributed by atoms with E-state index in [0.29, 0.717) is 50.0 Å². The van der Waals surface area contributed by atoms with Crippen LogP contribution in [0, 0.1) is 6.92 Å². The standard InChI is InChI=1S/C15H21N5O3/c1-3-8-20-12(4-7-16-20)13(21)18-15(5-9-22-10-6-15)14-17-11(2)19-23-14/h4,7H,3,5-6,8-10H2,1-2H3,(H,18,21). The highest BCUT2D eigenvalue weighted by molar-refractivity contribution is 5.93. The number of carbonyl (C=O) groups excluding carboxylic acids is 1. The van der Waals surface area contributed by atoms with Crippen LogP contribution in [0.15, 0.2) is 16.8 Å². The van der Waals surface area contributed by atoms with Gasteiger partial charge < -0.3 is 14.6 Å². The SMILES string of the molecule is CCCn1nccc1C(=O)NC1(c2nc(C)no2)CCOCC1. The number of ether oxygens (including phenoxy) is 1. The summed E-state index contributed by atoms with van der Waals surface area (Å²) in [5, 5.41) is 11.1. The molecule has 0 saturated carbocycles. The quantitative estimate of drug-likeness (QED) is 0.895. The first-order valence-electron chi connectivity index (χ1n) is 7.87. The van der Waals surface area contributed by atoms with Crippen molar-refractivity contribution >= 4 is 5.91 Å². The molecule has 1 aliphatic heterocycles. The molecular weight excluding hydrogens is 298 g/mol. The summed E-state index contributed by atoms with van der Waals surface area (Å²) in [4.78, 5) is 17.1. The molecule has 8 nitrogen and oxygen atoms in total. The van der Waals surface area contributed by atoms with Crippen molar-refractivity contribution in [3.05, 3.63) is 29.7 Å². The third-order valence-electron chi connectivity index (χ3n) is 4.02. The molecule has 2 aromatic heterocycles. The molecule has 3 rings (SSSR count). The van der Waals surface area contributed by atoms with Gasteiger partial charge in [0, 0.05) is 38.8 Å². The summed E-state index contributed by atoms with van der Waals surface area (Å²) < 4.78 is 12.5. The third-order valence-corrected chi connectivity index (χ3v) is 4.02. The van der Waals surface area contributed by atoms with Crippen molar-refractivity contribution in [2.75, 3.05) is 13.2 Å². The zero-order chi connectivity index (χ0) is 16.3. The van der Waals surface area contributed by atoms with E-state index < -0.39 is 5.54 Å². The molecular formula is C15H21N5O3. The Morgan fingerprint density at radius 2 is 2.22 bits per heavy atom. The predicted octanol–water partition coefficient (Wildman–Crippen LogP) is 1.42. The van der Waals surface area contributed by atoms with Gasteiger partial charge in [0.1, 0.15) is 11.2 Å². The average Bonchev–Trinajstić information content (AvgIpc) is 3.18. The minimum atomic E-state index is -0.683. The second kappa shape index (κ2) is 6.49. The molecule has 124 valence electrons. The van der Waals surface area contributed by atoms with E-state index in [1.54, 1.807) is 23.9 Å². The number of carbonyl (C=O) groups is 1. The maximum atomic E-state index is 12.8. The summed E-state index contributed by atoms with van der Waals surface area (Å²) in [6.45, 7) is 5.58. The van der Waals surface area contributed by atoms with Gasteiger partial charge in [-0.3, -0.25) is 9.48 Å². The van der Waals surface area contributed by atoms with E-state index in [2.05, 4.69) is 20.6 Å². The fourth-order valence-electron chi connectivity index (χ4n) is 2.80. The zero-order valence-corrected chi connectivity index (χ0v) is 13.4. The Labute approximate surface area is 134 Å². The highest BCUT2D eigenvalue weighted by Crippen LogP contribution is 2.31. The summed E-state index contributed by atoms with van der Waals surface area (Å²) >= 11 is 0. The lowest BCUT2D eigenvalue weighted by atomic mass is 9.89. The molecule has 0 aromatic carbocycles. The van der Waals surface area contributed by atoms with Crippen LogP contribution in [0.1, 0.15) is 48.4 Å². The Kier molecular flexibility index (Phi) is 4.42. The Morgan fingerprint density at radius 1 is 1.43 bits per heavy atom. The molecule has 0 spiro atoms. The fraction of sp³-hybridized carbons (Fsp3) is 0.600. The highest BCUT2D eigenvalue weighted by Gasteiger charge is 2.41. The number of hydrogen-bond donors (Lipinski definition) is 1. The molecule has 0 radical (unpaired) electrons. The monoisotopic (exact) mass is 319 g/mol. The minimum Gasteiger partial charge on any atom is -0.381 e. The lowest BCUT2D eigenvalue weighted by Gasteiger charge is -2.34. The first-order chi connectivity index (χ1) is 11.1. The van der Waals surface area contributed by atoms with Crippen molar-refractivity contribution in [2.45, 2.75) is 45.2 Å². The van der Waals surface area contributed by atoms with E-state index in [4.69, 9.17) is 9.26 Å². The summed E-state index contributed by atoms with van der Waals surface area (Å²) in [6, 6.07) is 1.72. The van der Waals surface area contributed by atoms with Crippen LogP contribution in [-0.2, 0) is 16.8 Å². The first kappa shape index (κ1) is 15.7. The predicted molar refractivity (Wildman–Crippen MR) is 80.8 cm³/mol. The first-order valence-corrected chi connectivity index (χ1v) is 7.87. The summed E-state index contributed by atoms with van der Waals surface area (Å²) in [6.07, 6.45) is 3.74. The molecule has 3 heterocycles. The van der Waals surface area contributed by atoms with Gasteiger partial charge in [-0.1, -0.05) is 12.1 Å². The minimum absolute atomic E-state index is 0.186. The molecule has 1 fully saturated rings. The normalized spacial score (nSPS) is 17.1. The smallest absolute Gasteiger partial charge is 0.270 e. The lowest BCUT2D eigenvalue weighted by Crippen LogP contribution is -2.50. The topological polar surface area (TPSA) is 95.1 Å². The van der Waals surface area contributed by atoms with Crippen LogP contribution in [0.25, 0.3) is 0 Å². The molecule has 1 N–H and O–H groups in total. The van der Waals surface area contributed by atoms with Crippen molar-refractivity contribution in [1.29, 1.82) is 0 Å². The molecule has 0 atom stereocenters. The van der Waals surface area contributed by atoms with Crippen molar-refractivity contribution in [1.82, 2.24) is 25.2 Å². The van der Waals surface area contributed by atoms with Crippen molar-refractivity contribution < 1.29 is 14.1 Å². The van der Waals surface area contributed by atoms with Gasteiger partial charge in [-0.2, -0.15) is 10.1 Å². The Balaban J connectivity index is 1.86. The van der Waals surface area contributed by atoms with Gasteiger partial charge in [-0.15, -0.1) is 0 Å². The Bertz CT molecular complexity index is 672. The number of amides is 1. The fourth-order valence-corrected chi connectivity index (χ4v) is 2.80. The van der Waals surface area contributed by atoms with Crippen LogP contribution in [0.2, 0.25) is 0 Å². The van der Waals surface area contributed by atoms with E-state index in [-0.39, 0.29) is 5.91 Å². The van der Waals surface area contributed by atoms with Crippen LogP contribution in [0.5, 0.6) is 0 Å². The van der Waals surface area contributed by atoms with Crippen molar-refractivity contribution in [2.24, 2.45) is 0 Å². The molecule has 2 aromatic rings. The van der Waals surface area contributed by atoms with Crippen LogP contribution in [-0.4, -0.2) is 39.0 Å². The number of hydrogen-bond acceptors (Lipinski definition) is 6. The van der Waals surface area contributed by atoms with E-state index in [9.17, 15) is 4.79 Å². The van der Waals surface area contributed by atoms with Gasteiger partial charge in [-0.25, -0.2) is 0 Å². The number of nitrogens with one attached hydrogen (secondary N) is 1. The number of aryl methyl sites for hydroxylation is 2. The molecule has 0 unspecified atom stereocenters. The summed E-state index contributed by atoms with van der Waals surface area (Å²) in [5.41, 5.74) is -0.147. The maximum absolute atomic E-state index is 12.8. The largest absolute Gasteiger partial charge is 0.381 e. The van der Waals surface area contributed by atoms with Gasteiger partial charge in [0.2, 0.25) is 0 Å². The van der Waals surface area contributed by atoms with E-state index in [1.807, 2.05) is 6.92 Å². The van der Waals surface area contributed by atoms with E-state index in [0.717, 1.165) is 6.42 Å². The molecule has 1 amide bonds. The van der Waals surface area contributed by atoms with E-state index in [1.165, 1.54) is 0 Å². The lowest BCUT2D eigenvalue weighted by molar-refractivity contribution is 0.0219. The third kappa shape index (κ3) is 3.12. The Hall–Kier alpha value is -2.22. The summed E-state index contributed by atoms with van der Waals surface area (Å²) in [5.74, 6) is 0.804. The van der Waals surface area contributed by atoms with Crippen LogP contribution in [0.4, 0.5) is 0 Å². The number of rotatable bonds is 5. The molecule has 1 aliphatic rings. The van der Waals surface area contributed by atoms with Gasteiger partial charge in [0.05, 0.1) is 0 Å². The van der Waals surface area contributed by atoms with Crippen LogP contribution in [0.3, 0.4) is 0 Å². The molecule has 23 heavy (non-hydrogen) atoms.